The smallest absolute Gasteiger partial charge is 0.407 e. The molecule has 0 radical (unpaired) electrons. The van der Waals surface area contributed by atoms with Crippen LogP contribution >= 0.6 is 0 Å². The molecule has 5 nitrogen and oxygen atoms in total. The lowest BCUT2D eigenvalue weighted by Gasteiger charge is -2.33. The van der Waals surface area contributed by atoms with Crippen LogP contribution in [-0.4, -0.2) is 28.8 Å². The maximum Gasteiger partial charge on any atom is 0.407 e. The molecule has 122 valence electrons. The Kier molecular flexibility index (Phi) is 4.39. The number of carboxylic acid groups (broad SMARTS) is 1. The van der Waals surface area contributed by atoms with Crippen molar-refractivity contribution in [2.24, 2.45) is 22.7 Å². The van der Waals surface area contributed by atoms with Gasteiger partial charge in [0.2, 0.25) is 0 Å². The largest absolute Gasteiger partial charge is 0.481 e. The molecule has 0 bridgehead atoms. The minimum atomic E-state index is -0.801. The standard InChI is InChI=1S/C16H29NO4/c1-14(2,3)11(17-13(20)21-15(4,5)6)9-10(12(18)19)16(9,7)8/h9-11H,1-8H3,(H,17,20)(H,18,19)/t9-,10-,11?/m1/s1. The summed E-state index contributed by atoms with van der Waals surface area (Å²) < 4.78 is 5.31. The number of carbonyl (C=O) groups excluding carboxylic acids is 1. The third-order valence-electron chi connectivity index (χ3n) is 4.14. The molecule has 1 amide bonds. The lowest BCUT2D eigenvalue weighted by Crippen LogP contribution is -2.48. The van der Waals surface area contributed by atoms with E-state index in [2.05, 4.69) is 5.32 Å². The Bertz CT molecular complexity index is 429. The summed E-state index contributed by atoms with van der Waals surface area (Å²) in [5.74, 6) is -1.33. The van der Waals surface area contributed by atoms with Crippen molar-refractivity contribution in [1.82, 2.24) is 5.32 Å². The van der Waals surface area contributed by atoms with Crippen molar-refractivity contribution >= 4 is 12.1 Å². The number of carbonyl (C=O) groups is 2. The summed E-state index contributed by atoms with van der Waals surface area (Å²) in [5, 5.41) is 12.2. The van der Waals surface area contributed by atoms with Gasteiger partial charge in [0.1, 0.15) is 5.60 Å². The van der Waals surface area contributed by atoms with Gasteiger partial charge in [-0.1, -0.05) is 34.6 Å². The number of aliphatic carboxylic acids is 1. The average Bonchev–Trinajstić information content (AvgIpc) is 2.73. The van der Waals surface area contributed by atoms with E-state index in [9.17, 15) is 14.7 Å². The van der Waals surface area contributed by atoms with Crippen LogP contribution in [0.15, 0.2) is 0 Å². The fourth-order valence-corrected chi connectivity index (χ4v) is 3.05. The molecule has 0 aromatic rings. The van der Waals surface area contributed by atoms with Gasteiger partial charge in [0, 0.05) is 6.04 Å². The van der Waals surface area contributed by atoms with Crippen LogP contribution < -0.4 is 5.32 Å². The van der Waals surface area contributed by atoms with Gasteiger partial charge in [0.05, 0.1) is 5.92 Å². The average molecular weight is 299 g/mol. The third-order valence-corrected chi connectivity index (χ3v) is 4.14. The maximum atomic E-state index is 12.1. The van der Waals surface area contributed by atoms with E-state index in [0.717, 1.165) is 0 Å². The van der Waals surface area contributed by atoms with Crippen LogP contribution in [0.25, 0.3) is 0 Å². The van der Waals surface area contributed by atoms with Gasteiger partial charge in [0.25, 0.3) is 0 Å². The van der Waals surface area contributed by atoms with Crippen LogP contribution in [0.4, 0.5) is 4.79 Å². The summed E-state index contributed by atoms with van der Waals surface area (Å²) >= 11 is 0. The minimum absolute atomic E-state index is 0.0949. The van der Waals surface area contributed by atoms with Crippen molar-refractivity contribution < 1.29 is 19.4 Å². The second-order valence-corrected chi connectivity index (χ2v) is 8.65. The van der Waals surface area contributed by atoms with Gasteiger partial charge in [-0.15, -0.1) is 0 Å². The first-order valence-corrected chi connectivity index (χ1v) is 7.40. The molecule has 5 heteroatoms. The predicted molar refractivity (Wildman–Crippen MR) is 81.0 cm³/mol. The van der Waals surface area contributed by atoms with E-state index >= 15 is 0 Å². The van der Waals surface area contributed by atoms with Gasteiger partial charge in [-0.25, -0.2) is 4.79 Å². The molecule has 1 aliphatic rings. The molecule has 2 N–H and O–H groups in total. The second kappa shape index (κ2) is 5.18. The van der Waals surface area contributed by atoms with Gasteiger partial charge in [-0.2, -0.15) is 0 Å². The summed E-state index contributed by atoms with van der Waals surface area (Å²) in [7, 11) is 0. The Hall–Kier alpha value is -1.26. The Balaban J connectivity index is 2.90. The van der Waals surface area contributed by atoms with Crippen molar-refractivity contribution in [2.45, 2.75) is 67.0 Å². The Morgan fingerprint density at radius 2 is 1.62 bits per heavy atom. The molecule has 0 heterocycles. The molecule has 1 rings (SSSR count). The number of rotatable bonds is 3. The van der Waals surface area contributed by atoms with Crippen LogP contribution in [0, 0.1) is 22.7 Å². The molecule has 1 unspecified atom stereocenters. The lowest BCUT2D eigenvalue weighted by molar-refractivity contribution is -0.139. The summed E-state index contributed by atoms with van der Waals surface area (Å²) in [6.45, 7) is 15.3. The lowest BCUT2D eigenvalue weighted by atomic mass is 9.81. The van der Waals surface area contributed by atoms with Gasteiger partial charge < -0.3 is 15.2 Å². The zero-order valence-corrected chi connectivity index (χ0v) is 14.4. The molecule has 3 atom stereocenters. The van der Waals surface area contributed by atoms with Gasteiger partial charge >= 0.3 is 12.1 Å². The highest BCUT2D eigenvalue weighted by Gasteiger charge is 2.66. The first kappa shape index (κ1) is 17.8. The number of carboxylic acids is 1. The topological polar surface area (TPSA) is 75.6 Å². The number of ether oxygens (including phenoxy) is 1. The van der Waals surface area contributed by atoms with E-state index in [1.54, 1.807) is 20.8 Å². The third kappa shape index (κ3) is 4.11. The van der Waals surface area contributed by atoms with E-state index in [1.165, 1.54) is 0 Å². The fourth-order valence-electron chi connectivity index (χ4n) is 3.05. The molecule has 0 spiro atoms. The van der Waals surface area contributed by atoms with E-state index in [1.807, 2.05) is 34.6 Å². The Morgan fingerprint density at radius 3 is 1.90 bits per heavy atom. The summed E-state index contributed by atoms with van der Waals surface area (Å²) in [6.07, 6.45) is -0.491. The zero-order valence-electron chi connectivity index (χ0n) is 14.4. The molecular weight excluding hydrogens is 270 g/mol. The van der Waals surface area contributed by atoms with Crippen LogP contribution in [0.3, 0.4) is 0 Å². The van der Waals surface area contributed by atoms with E-state index in [-0.39, 0.29) is 22.8 Å². The normalized spacial score (nSPS) is 25.9. The maximum absolute atomic E-state index is 12.1. The number of hydrogen-bond acceptors (Lipinski definition) is 3. The number of nitrogens with one attached hydrogen (secondary N) is 1. The molecule has 0 aromatic heterocycles. The Labute approximate surface area is 127 Å². The van der Waals surface area contributed by atoms with Crippen molar-refractivity contribution in [2.75, 3.05) is 0 Å². The Morgan fingerprint density at radius 1 is 1.14 bits per heavy atom. The molecule has 21 heavy (non-hydrogen) atoms. The van der Waals surface area contributed by atoms with Crippen LogP contribution in [0.1, 0.15) is 55.4 Å². The second-order valence-electron chi connectivity index (χ2n) is 8.65. The van der Waals surface area contributed by atoms with Gasteiger partial charge in [0.15, 0.2) is 0 Å². The fraction of sp³-hybridized carbons (Fsp3) is 0.875. The first-order chi connectivity index (χ1) is 9.18. The number of alkyl carbamates (subject to hydrolysis) is 1. The van der Waals surface area contributed by atoms with Crippen molar-refractivity contribution in [3.05, 3.63) is 0 Å². The first-order valence-electron chi connectivity index (χ1n) is 7.40. The van der Waals surface area contributed by atoms with E-state index in [0.29, 0.717) is 0 Å². The molecule has 0 aromatic carbocycles. The predicted octanol–water partition coefficient (Wildman–Crippen LogP) is 3.28. The molecule has 0 saturated heterocycles. The quantitative estimate of drug-likeness (QED) is 0.838. The molecule has 1 aliphatic carbocycles. The molecular formula is C16H29NO4. The SMILES string of the molecule is CC(C)(C)OC(=O)NC([C@H]1[C@H](C(=O)O)C1(C)C)C(C)(C)C. The van der Waals surface area contributed by atoms with Gasteiger partial charge in [-0.3, -0.25) is 4.79 Å². The van der Waals surface area contributed by atoms with Crippen LogP contribution in [0.5, 0.6) is 0 Å². The number of hydrogen-bond donors (Lipinski definition) is 2. The summed E-state index contributed by atoms with van der Waals surface area (Å²) in [5.41, 5.74) is -1.14. The monoisotopic (exact) mass is 299 g/mol. The zero-order chi connectivity index (χ0) is 16.8. The van der Waals surface area contributed by atoms with Crippen LogP contribution in [0.2, 0.25) is 0 Å². The highest BCUT2D eigenvalue weighted by Crippen LogP contribution is 2.62. The molecule has 0 aliphatic heterocycles. The van der Waals surface area contributed by atoms with Crippen LogP contribution in [-0.2, 0) is 9.53 Å². The molecule has 1 saturated carbocycles. The van der Waals surface area contributed by atoms with Crippen molar-refractivity contribution in [3.8, 4) is 0 Å². The van der Waals surface area contributed by atoms with Gasteiger partial charge in [-0.05, 0) is 37.5 Å². The number of amides is 1. The highest BCUT2D eigenvalue weighted by molar-refractivity contribution is 5.76. The van der Waals surface area contributed by atoms with Crippen molar-refractivity contribution in [3.63, 3.8) is 0 Å². The summed E-state index contributed by atoms with van der Waals surface area (Å²) in [4.78, 5) is 23.4. The van der Waals surface area contributed by atoms with Crippen molar-refractivity contribution in [1.29, 1.82) is 0 Å². The van der Waals surface area contributed by atoms with E-state index < -0.39 is 23.6 Å². The summed E-state index contributed by atoms with van der Waals surface area (Å²) in [6, 6.07) is -0.247. The minimum Gasteiger partial charge on any atom is -0.481 e. The molecule has 1 fully saturated rings. The van der Waals surface area contributed by atoms with E-state index in [4.69, 9.17) is 4.74 Å². The highest BCUT2D eigenvalue weighted by atomic mass is 16.6.